The van der Waals surface area contributed by atoms with Gasteiger partial charge in [0.05, 0.1) is 18.4 Å². The molecule has 5 N–H and O–H groups in total. The van der Waals surface area contributed by atoms with Gasteiger partial charge >= 0.3 is 5.97 Å². The summed E-state index contributed by atoms with van der Waals surface area (Å²) in [5.74, 6) is -0.886. The van der Waals surface area contributed by atoms with Gasteiger partial charge in [-0.05, 0) is 12.8 Å². The summed E-state index contributed by atoms with van der Waals surface area (Å²) < 4.78 is 4.63. The van der Waals surface area contributed by atoms with Crippen LogP contribution in [0.15, 0.2) is 0 Å². The maximum absolute atomic E-state index is 11.6. The predicted octanol–water partition coefficient (Wildman–Crippen LogP) is 1.67. The Morgan fingerprint density at radius 2 is 1.89 bits per heavy atom. The lowest BCUT2D eigenvalue weighted by Crippen LogP contribution is -2.23. The van der Waals surface area contributed by atoms with E-state index in [4.69, 9.17) is 11.5 Å². The summed E-state index contributed by atoms with van der Waals surface area (Å²) in [6.07, 6.45) is 0. The smallest absolute Gasteiger partial charge is 0.350 e. The van der Waals surface area contributed by atoms with Crippen molar-refractivity contribution in [1.29, 1.82) is 0 Å². The van der Waals surface area contributed by atoms with Crippen LogP contribution in [0.2, 0.25) is 0 Å². The van der Waals surface area contributed by atoms with Gasteiger partial charge < -0.3 is 21.5 Å². The number of rotatable bonds is 5. The van der Waals surface area contributed by atoms with E-state index in [1.165, 1.54) is 7.11 Å². The molecule has 0 aliphatic heterocycles. The van der Waals surface area contributed by atoms with Gasteiger partial charge in [0.15, 0.2) is 0 Å². The molecule has 1 heterocycles. The number of nitrogens with one attached hydrogen (secondary N) is 1. The molecule has 1 aromatic heterocycles. The molecule has 0 saturated carbocycles. The van der Waals surface area contributed by atoms with Crippen LogP contribution in [0.5, 0.6) is 0 Å². The second kappa shape index (κ2) is 5.92. The highest BCUT2D eigenvalue weighted by Crippen LogP contribution is 2.36. The van der Waals surface area contributed by atoms with Crippen molar-refractivity contribution in [2.45, 2.75) is 26.8 Å². The maximum atomic E-state index is 11.6. The fourth-order valence-electron chi connectivity index (χ4n) is 1.41. The standard InChI is InChI=1S/C12H19N3O3S/c1-5(2)6(3)15-11-7(10(14)16)8(13)9(19-11)12(17)18-4/h5-6,15H,13H2,1-4H3,(H2,14,16). The van der Waals surface area contributed by atoms with E-state index in [1.807, 2.05) is 20.8 Å². The van der Waals surface area contributed by atoms with E-state index in [9.17, 15) is 9.59 Å². The van der Waals surface area contributed by atoms with Gasteiger partial charge in [0, 0.05) is 6.04 Å². The molecule has 7 heteroatoms. The lowest BCUT2D eigenvalue weighted by Gasteiger charge is -2.18. The molecule has 6 nitrogen and oxygen atoms in total. The molecule has 1 rings (SSSR count). The van der Waals surface area contributed by atoms with Crippen LogP contribution in [0.1, 0.15) is 40.8 Å². The number of esters is 1. The van der Waals surface area contributed by atoms with E-state index >= 15 is 0 Å². The SMILES string of the molecule is COC(=O)c1sc(NC(C)C(C)C)c(C(N)=O)c1N. The number of hydrogen-bond donors (Lipinski definition) is 3. The number of hydrogen-bond acceptors (Lipinski definition) is 6. The third-order valence-electron chi connectivity index (χ3n) is 2.92. The summed E-state index contributed by atoms with van der Waals surface area (Å²) in [5.41, 5.74) is 11.3. The molecule has 0 aromatic carbocycles. The molecular formula is C12H19N3O3S. The van der Waals surface area contributed by atoms with Gasteiger partial charge in [-0.25, -0.2) is 4.79 Å². The summed E-state index contributed by atoms with van der Waals surface area (Å²) >= 11 is 1.08. The van der Waals surface area contributed by atoms with Crippen molar-refractivity contribution in [1.82, 2.24) is 0 Å². The minimum atomic E-state index is -0.664. The molecule has 1 unspecified atom stereocenters. The second-order valence-corrected chi connectivity index (χ2v) is 5.60. The lowest BCUT2D eigenvalue weighted by molar-refractivity contribution is 0.0607. The van der Waals surface area contributed by atoms with Crippen molar-refractivity contribution in [3.8, 4) is 0 Å². The number of carbonyl (C=O) groups is 2. The fraction of sp³-hybridized carbons (Fsp3) is 0.500. The van der Waals surface area contributed by atoms with Crippen LogP contribution in [0.25, 0.3) is 0 Å². The summed E-state index contributed by atoms with van der Waals surface area (Å²) in [7, 11) is 1.26. The molecule has 0 aliphatic carbocycles. The number of amides is 1. The molecule has 0 saturated heterocycles. The largest absolute Gasteiger partial charge is 0.465 e. The molecule has 0 radical (unpaired) electrons. The van der Waals surface area contributed by atoms with Gasteiger partial charge in [0.25, 0.3) is 5.91 Å². The predicted molar refractivity (Wildman–Crippen MR) is 76.5 cm³/mol. The number of anilines is 2. The van der Waals surface area contributed by atoms with Gasteiger partial charge in [-0.1, -0.05) is 13.8 Å². The van der Waals surface area contributed by atoms with Crippen molar-refractivity contribution < 1.29 is 14.3 Å². The van der Waals surface area contributed by atoms with Crippen LogP contribution in [-0.4, -0.2) is 25.0 Å². The molecule has 106 valence electrons. The Morgan fingerprint density at radius 3 is 2.32 bits per heavy atom. The highest BCUT2D eigenvalue weighted by Gasteiger charge is 2.25. The average Bonchev–Trinajstić information content (AvgIpc) is 2.65. The highest BCUT2D eigenvalue weighted by atomic mass is 32.1. The van der Waals surface area contributed by atoms with Gasteiger partial charge in [0.1, 0.15) is 9.88 Å². The minimum absolute atomic E-state index is 0.0720. The maximum Gasteiger partial charge on any atom is 0.350 e. The number of ether oxygens (including phenoxy) is 1. The number of methoxy groups -OCH3 is 1. The average molecular weight is 285 g/mol. The number of thiophene rings is 1. The molecule has 0 aliphatic rings. The topological polar surface area (TPSA) is 107 Å². The van der Waals surface area contributed by atoms with E-state index < -0.39 is 11.9 Å². The van der Waals surface area contributed by atoms with Gasteiger partial charge in [-0.15, -0.1) is 11.3 Å². The van der Waals surface area contributed by atoms with E-state index in [2.05, 4.69) is 10.1 Å². The lowest BCUT2D eigenvalue weighted by atomic mass is 10.1. The van der Waals surface area contributed by atoms with Crippen molar-refractivity contribution in [3.05, 3.63) is 10.4 Å². The zero-order chi connectivity index (χ0) is 14.7. The Hall–Kier alpha value is -1.76. The fourth-order valence-corrected chi connectivity index (χ4v) is 2.55. The Labute approximate surface area is 116 Å². The van der Waals surface area contributed by atoms with Crippen molar-refractivity contribution in [2.24, 2.45) is 11.7 Å². The van der Waals surface area contributed by atoms with E-state index in [0.717, 1.165) is 11.3 Å². The van der Waals surface area contributed by atoms with Crippen LogP contribution in [-0.2, 0) is 4.74 Å². The third-order valence-corrected chi connectivity index (χ3v) is 4.04. The number of carbonyl (C=O) groups excluding carboxylic acids is 2. The Morgan fingerprint density at radius 1 is 1.32 bits per heavy atom. The summed E-state index contributed by atoms with van der Waals surface area (Å²) in [6, 6.07) is 0.113. The molecule has 0 spiro atoms. The first-order valence-corrected chi connectivity index (χ1v) is 6.68. The number of primary amides is 1. The van der Waals surface area contributed by atoms with E-state index in [1.54, 1.807) is 0 Å². The van der Waals surface area contributed by atoms with Crippen molar-refractivity contribution >= 4 is 33.9 Å². The van der Waals surface area contributed by atoms with Crippen LogP contribution in [0, 0.1) is 5.92 Å². The highest BCUT2D eigenvalue weighted by molar-refractivity contribution is 7.19. The quantitative estimate of drug-likeness (QED) is 0.713. The molecule has 1 atom stereocenters. The molecule has 1 amide bonds. The van der Waals surface area contributed by atoms with Crippen molar-refractivity contribution in [2.75, 3.05) is 18.2 Å². The molecule has 0 fully saturated rings. The monoisotopic (exact) mass is 285 g/mol. The number of nitrogen functional groups attached to an aromatic ring is 1. The molecule has 19 heavy (non-hydrogen) atoms. The number of nitrogens with two attached hydrogens (primary N) is 2. The van der Waals surface area contributed by atoms with E-state index in [-0.39, 0.29) is 22.2 Å². The van der Waals surface area contributed by atoms with Gasteiger partial charge in [0.2, 0.25) is 0 Å². The zero-order valence-corrected chi connectivity index (χ0v) is 12.3. The summed E-state index contributed by atoms with van der Waals surface area (Å²) in [5, 5.41) is 3.67. The summed E-state index contributed by atoms with van der Waals surface area (Å²) in [4.78, 5) is 23.2. The first-order valence-electron chi connectivity index (χ1n) is 5.86. The van der Waals surface area contributed by atoms with Crippen LogP contribution in [0.3, 0.4) is 0 Å². The van der Waals surface area contributed by atoms with Crippen LogP contribution in [0.4, 0.5) is 10.7 Å². The zero-order valence-electron chi connectivity index (χ0n) is 11.4. The minimum Gasteiger partial charge on any atom is -0.465 e. The normalized spacial score (nSPS) is 12.3. The second-order valence-electron chi connectivity index (χ2n) is 4.58. The Kier molecular flexibility index (Phi) is 4.77. The molecule has 1 aromatic rings. The Balaban J connectivity index is 3.23. The first kappa shape index (κ1) is 15.3. The van der Waals surface area contributed by atoms with E-state index in [0.29, 0.717) is 10.9 Å². The Bertz CT molecular complexity index is 497. The third kappa shape index (κ3) is 3.17. The first-order chi connectivity index (χ1) is 8.79. The van der Waals surface area contributed by atoms with Crippen molar-refractivity contribution in [3.63, 3.8) is 0 Å². The van der Waals surface area contributed by atoms with Gasteiger partial charge in [-0.2, -0.15) is 0 Å². The van der Waals surface area contributed by atoms with Gasteiger partial charge in [-0.3, -0.25) is 4.79 Å². The summed E-state index contributed by atoms with van der Waals surface area (Å²) in [6.45, 7) is 6.06. The van der Waals surface area contributed by atoms with Crippen LogP contribution < -0.4 is 16.8 Å². The molecule has 0 bridgehead atoms. The molecular weight excluding hydrogens is 266 g/mol. The van der Waals surface area contributed by atoms with Crippen LogP contribution >= 0.6 is 11.3 Å².